The highest BCUT2D eigenvalue weighted by molar-refractivity contribution is 4.65. The first-order chi connectivity index (χ1) is 21.4. The summed E-state index contributed by atoms with van der Waals surface area (Å²) in [7, 11) is 0. The second kappa shape index (κ2) is 42.0. The van der Waals surface area contributed by atoms with Gasteiger partial charge in [0, 0.05) is 0 Å². The second-order valence-electron chi connectivity index (χ2n) is 14.6. The Bertz CT molecular complexity index is 399. The molecule has 0 saturated heterocycles. The molecule has 0 bridgehead atoms. The lowest BCUT2D eigenvalue weighted by atomic mass is 10.0. The Morgan fingerprint density at radius 2 is 0.326 bits per heavy atom. The predicted molar refractivity (Wildman–Crippen MR) is 200 cm³/mol. The molecule has 0 aromatic rings. The largest absolute Gasteiger partial charge is 0.0654 e. The van der Waals surface area contributed by atoms with Gasteiger partial charge in [-0.05, 0) is 6.42 Å². The molecule has 0 heterocycles. The van der Waals surface area contributed by atoms with E-state index in [1.165, 1.54) is 257 Å². The summed E-state index contributed by atoms with van der Waals surface area (Å²) in [5, 5.41) is 0. The van der Waals surface area contributed by atoms with Gasteiger partial charge in [0.25, 0.3) is 0 Å². The van der Waals surface area contributed by atoms with Crippen molar-refractivity contribution in [1.82, 2.24) is 0 Å². The van der Waals surface area contributed by atoms with E-state index in [4.69, 9.17) is 0 Å². The van der Waals surface area contributed by atoms with Crippen LogP contribution in [0.5, 0.6) is 0 Å². The molecule has 0 rings (SSSR count). The zero-order valence-electron chi connectivity index (χ0n) is 30.9. The first kappa shape index (κ1) is 43.0. The van der Waals surface area contributed by atoms with Gasteiger partial charge in [-0.2, -0.15) is 0 Å². The molecule has 0 aliphatic heterocycles. The minimum Gasteiger partial charge on any atom is -0.0654 e. The van der Waals surface area contributed by atoms with Gasteiger partial charge in [0.1, 0.15) is 0 Å². The fraction of sp³-hybridized carbons (Fsp3) is 0.977. The van der Waals surface area contributed by atoms with Crippen LogP contribution in [-0.2, 0) is 0 Å². The van der Waals surface area contributed by atoms with Crippen LogP contribution in [0.15, 0.2) is 0 Å². The summed E-state index contributed by atoms with van der Waals surface area (Å²) in [5.41, 5.74) is 0. The molecule has 0 aromatic carbocycles. The van der Waals surface area contributed by atoms with E-state index in [9.17, 15) is 0 Å². The molecule has 259 valence electrons. The molecule has 0 spiro atoms. The third-order valence-corrected chi connectivity index (χ3v) is 10.0. The van der Waals surface area contributed by atoms with Gasteiger partial charge in [-0.1, -0.05) is 271 Å². The van der Waals surface area contributed by atoms with Crippen molar-refractivity contribution in [3.63, 3.8) is 0 Å². The van der Waals surface area contributed by atoms with Crippen molar-refractivity contribution in [2.24, 2.45) is 0 Å². The molecule has 0 N–H and O–H groups in total. The van der Waals surface area contributed by atoms with Crippen LogP contribution < -0.4 is 0 Å². The van der Waals surface area contributed by atoms with Crippen molar-refractivity contribution in [3.8, 4) is 0 Å². The van der Waals surface area contributed by atoms with E-state index in [0.717, 1.165) is 0 Å². The fourth-order valence-electron chi connectivity index (χ4n) is 6.88. The number of unbranched alkanes of at least 4 members (excludes halogenated alkanes) is 40. The summed E-state index contributed by atoms with van der Waals surface area (Å²) in [4.78, 5) is 0. The van der Waals surface area contributed by atoms with Gasteiger partial charge in [-0.15, -0.1) is 0 Å². The average molecular weight is 604 g/mol. The molecular weight excluding hydrogens is 516 g/mol. The lowest BCUT2D eigenvalue weighted by molar-refractivity contribution is 0.515. The first-order valence-corrected chi connectivity index (χ1v) is 21.2. The van der Waals surface area contributed by atoms with E-state index in [1.807, 2.05) is 0 Å². The zero-order valence-corrected chi connectivity index (χ0v) is 30.9. The van der Waals surface area contributed by atoms with Crippen LogP contribution in [0.4, 0.5) is 0 Å². The number of hydrogen-bond acceptors (Lipinski definition) is 0. The van der Waals surface area contributed by atoms with Crippen LogP contribution in [0.1, 0.15) is 271 Å². The summed E-state index contributed by atoms with van der Waals surface area (Å²) >= 11 is 0. The molecule has 0 amide bonds. The Balaban J connectivity index is 3.02. The topological polar surface area (TPSA) is 0 Å². The summed E-state index contributed by atoms with van der Waals surface area (Å²) < 4.78 is 0. The summed E-state index contributed by atoms with van der Waals surface area (Å²) in [5.74, 6) is 0. The van der Waals surface area contributed by atoms with Gasteiger partial charge >= 0.3 is 0 Å². The Labute approximate surface area is 276 Å². The maximum Gasteiger partial charge on any atom is -0.0386 e. The lowest BCUT2D eigenvalue weighted by Crippen LogP contribution is -1.85. The maximum atomic E-state index is 2.59. The molecule has 0 fully saturated rings. The van der Waals surface area contributed by atoms with Crippen LogP contribution in [-0.4, -0.2) is 0 Å². The Kier molecular flexibility index (Phi) is 42.0. The highest BCUT2D eigenvalue weighted by Crippen LogP contribution is 2.17. The van der Waals surface area contributed by atoms with Gasteiger partial charge in [0.2, 0.25) is 0 Å². The van der Waals surface area contributed by atoms with E-state index in [-0.39, 0.29) is 0 Å². The second-order valence-corrected chi connectivity index (χ2v) is 14.6. The predicted octanol–water partition coefficient (Wildman–Crippen LogP) is 16.8. The molecular formula is C43H87. The highest BCUT2D eigenvalue weighted by Gasteiger charge is 1.98. The van der Waals surface area contributed by atoms with Crippen LogP contribution in [0.2, 0.25) is 0 Å². The smallest absolute Gasteiger partial charge is 0.0386 e. The minimum absolute atomic E-state index is 1.37. The van der Waals surface area contributed by atoms with Crippen LogP contribution in [0, 0.1) is 6.42 Å². The Morgan fingerprint density at radius 1 is 0.186 bits per heavy atom. The number of rotatable bonds is 40. The monoisotopic (exact) mass is 604 g/mol. The van der Waals surface area contributed by atoms with E-state index in [0.29, 0.717) is 0 Å². The molecule has 0 aliphatic rings. The Hall–Kier alpha value is 0. The van der Waals surface area contributed by atoms with Crippen molar-refractivity contribution in [1.29, 1.82) is 0 Å². The van der Waals surface area contributed by atoms with Crippen molar-refractivity contribution < 1.29 is 0 Å². The molecule has 0 saturated carbocycles. The first-order valence-electron chi connectivity index (χ1n) is 21.2. The van der Waals surface area contributed by atoms with Crippen molar-refractivity contribution in [3.05, 3.63) is 6.42 Å². The summed E-state index contributed by atoms with van der Waals surface area (Å²) in [6, 6.07) is 0. The van der Waals surface area contributed by atoms with Crippen molar-refractivity contribution in [2.75, 3.05) is 0 Å². The normalized spacial score (nSPS) is 11.6. The maximum absolute atomic E-state index is 2.59. The van der Waals surface area contributed by atoms with Gasteiger partial charge in [0.15, 0.2) is 0 Å². The Morgan fingerprint density at radius 3 is 0.488 bits per heavy atom. The molecule has 43 heavy (non-hydrogen) atoms. The van der Waals surface area contributed by atoms with Crippen molar-refractivity contribution >= 4 is 0 Å². The van der Waals surface area contributed by atoms with Gasteiger partial charge in [-0.25, -0.2) is 0 Å². The van der Waals surface area contributed by atoms with Crippen LogP contribution >= 0.6 is 0 Å². The summed E-state index contributed by atoms with van der Waals surface area (Å²) in [6.45, 7) is 4.62. The molecule has 0 aliphatic carbocycles. The van der Waals surface area contributed by atoms with E-state index in [2.05, 4.69) is 20.3 Å². The van der Waals surface area contributed by atoms with Gasteiger partial charge < -0.3 is 0 Å². The standard InChI is InChI=1S/C43H87/c1-3-5-7-9-11-13-15-17-19-21-23-25-27-29-31-33-35-37-39-41-43-42-40-38-36-34-32-30-28-26-24-22-20-18-16-14-12-10-8-6-4-2/h31H,3-30,32-43H2,1-2H3. The SMILES string of the molecule is CCCCCCCCCCCCCCC[CH]CCCCCCCCCCCCCCCCCCCCCCCCCCC. The zero-order chi connectivity index (χ0) is 31.0. The fourth-order valence-corrected chi connectivity index (χ4v) is 6.88. The molecule has 0 aromatic heterocycles. The van der Waals surface area contributed by atoms with Gasteiger partial charge in [0.05, 0.1) is 0 Å². The third kappa shape index (κ3) is 42.0. The lowest BCUT2D eigenvalue weighted by Gasteiger charge is -2.05. The number of hydrogen-bond donors (Lipinski definition) is 0. The average Bonchev–Trinajstić information content (AvgIpc) is 3.02. The van der Waals surface area contributed by atoms with E-state index < -0.39 is 0 Å². The van der Waals surface area contributed by atoms with E-state index in [1.54, 1.807) is 0 Å². The highest BCUT2D eigenvalue weighted by atomic mass is 14.0. The molecule has 0 heteroatoms. The minimum atomic E-state index is 1.37. The molecule has 0 atom stereocenters. The molecule has 0 nitrogen and oxygen atoms in total. The van der Waals surface area contributed by atoms with Crippen molar-refractivity contribution in [2.45, 2.75) is 271 Å². The quantitative estimate of drug-likeness (QED) is 0.0611. The van der Waals surface area contributed by atoms with Crippen LogP contribution in [0.25, 0.3) is 0 Å². The summed E-state index contributed by atoms with van der Waals surface area (Å²) in [6.07, 6.45) is 61.4. The van der Waals surface area contributed by atoms with E-state index >= 15 is 0 Å². The van der Waals surface area contributed by atoms with Crippen LogP contribution in [0.3, 0.4) is 0 Å². The molecule has 1 radical (unpaired) electrons. The third-order valence-electron chi connectivity index (χ3n) is 10.0. The van der Waals surface area contributed by atoms with Gasteiger partial charge in [-0.3, -0.25) is 0 Å². The molecule has 0 unspecified atom stereocenters.